The summed E-state index contributed by atoms with van der Waals surface area (Å²) in [7, 11) is 0. The highest BCUT2D eigenvalue weighted by Gasteiger charge is 2.31. The van der Waals surface area contributed by atoms with Gasteiger partial charge in [0.2, 0.25) is 0 Å². The minimum Gasteiger partial charge on any atom is -0.467 e. The summed E-state index contributed by atoms with van der Waals surface area (Å²) in [6, 6.07) is 7.22. The Balaban J connectivity index is 1.55. The lowest BCUT2D eigenvalue weighted by Crippen LogP contribution is -2.29. The molecule has 0 spiro atoms. The number of hydrogen-bond donors (Lipinski definition) is 1. The zero-order chi connectivity index (χ0) is 16.5. The van der Waals surface area contributed by atoms with Crippen LogP contribution in [0.4, 0.5) is 0 Å². The van der Waals surface area contributed by atoms with Crippen LogP contribution >= 0.6 is 23.6 Å². The zero-order valence-corrected chi connectivity index (χ0v) is 13.9. The van der Waals surface area contributed by atoms with Crippen molar-refractivity contribution >= 4 is 40.7 Å². The maximum Gasteiger partial charge on any atom is 0.277 e. The van der Waals surface area contributed by atoms with Crippen molar-refractivity contribution in [1.82, 2.24) is 15.2 Å². The monoisotopic (exact) mass is 357 g/mol. The van der Waals surface area contributed by atoms with Gasteiger partial charge >= 0.3 is 0 Å². The van der Waals surface area contributed by atoms with Gasteiger partial charge in [0.25, 0.3) is 5.91 Å². The molecule has 1 aliphatic rings. The van der Waals surface area contributed by atoms with Crippen LogP contribution in [0.15, 0.2) is 56.7 Å². The third kappa shape index (κ3) is 2.77. The third-order valence-electron chi connectivity index (χ3n) is 3.40. The first kappa shape index (κ1) is 14.9. The van der Waals surface area contributed by atoms with Crippen LogP contribution in [0.25, 0.3) is 16.8 Å². The summed E-state index contributed by atoms with van der Waals surface area (Å²) < 4.78 is 10.6. The van der Waals surface area contributed by atoms with E-state index in [0.717, 1.165) is 5.01 Å². The summed E-state index contributed by atoms with van der Waals surface area (Å²) in [5.41, 5.74) is 1.06. The molecular weight excluding hydrogens is 346 g/mol. The van der Waals surface area contributed by atoms with E-state index in [9.17, 15) is 4.79 Å². The Labute approximate surface area is 146 Å². The van der Waals surface area contributed by atoms with E-state index in [-0.39, 0.29) is 5.91 Å². The quantitative estimate of drug-likeness (QED) is 0.571. The van der Waals surface area contributed by atoms with Crippen LogP contribution in [0, 0.1) is 0 Å². The van der Waals surface area contributed by atoms with E-state index in [1.165, 1.54) is 16.2 Å². The van der Waals surface area contributed by atoms with Gasteiger partial charge in [0, 0.05) is 5.38 Å². The van der Waals surface area contributed by atoms with Crippen LogP contribution in [0.2, 0.25) is 0 Å². The predicted molar refractivity (Wildman–Crippen MR) is 92.8 cm³/mol. The topological polar surface area (TPSA) is 71.5 Å². The first-order chi connectivity index (χ1) is 11.7. The fourth-order valence-electron chi connectivity index (χ4n) is 2.29. The van der Waals surface area contributed by atoms with Gasteiger partial charge in [0.15, 0.2) is 15.9 Å². The van der Waals surface area contributed by atoms with Crippen molar-refractivity contribution in [3.05, 3.63) is 59.3 Å². The number of thiocarbonyl (C=S) groups is 1. The number of nitrogens with zero attached hydrogens (tertiary/aromatic N) is 2. The van der Waals surface area contributed by atoms with Crippen molar-refractivity contribution < 1.29 is 13.6 Å². The van der Waals surface area contributed by atoms with Gasteiger partial charge in [-0.25, -0.2) is 4.98 Å². The summed E-state index contributed by atoms with van der Waals surface area (Å²) in [5.74, 6) is 1.16. The molecule has 4 heterocycles. The van der Waals surface area contributed by atoms with Crippen molar-refractivity contribution in [1.29, 1.82) is 0 Å². The van der Waals surface area contributed by atoms with Gasteiger partial charge in [-0.1, -0.05) is 0 Å². The average molecular weight is 357 g/mol. The Morgan fingerprint density at radius 2 is 2.12 bits per heavy atom. The Hall–Kier alpha value is -2.71. The number of rotatable bonds is 4. The molecule has 3 aromatic rings. The van der Waals surface area contributed by atoms with Crippen LogP contribution in [-0.2, 0) is 11.3 Å². The summed E-state index contributed by atoms with van der Waals surface area (Å²) in [4.78, 5) is 18.4. The minimum atomic E-state index is -0.205. The molecule has 3 aromatic heterocycles. The fourth-order valence-corrected chi connectivity index (χ4v) is 3.29. The standard InChI is InChI=1S/C16H11N3O3S2/c20-15-12(18-16(23)19(15)8-11-3-1-5-21-11)7-10-9-24-14(17-10)13-4-2-6-22-13/h1-7,9H,8H2,(H,18,23)/b12-7+. The van der Waals surface area contributed by atoms with E-state index >= 15 is 0 Å². The molecule has 0 atom stereocenters. The van der Waals surface area contributed by atoms with Crippen molar-refractivity contribution in [2.75, 3.05) is 0 Å². The van der Waals surface area contributed by atoms with Gasteiger partial charge in [-0.3, -0.25) is 9.69 Å². The van der Waals surface area contributed by atoms with Crippen molar-refractivity contribution in [2.24, 2.45) is 0 Å². The molecule has 6 nitrogen and oxygen atoms in total. The van der Waals surface area contributed by atoms with Crippen LogP contribution in [0.3, 0.4) is 0 Å². The maximum absolute atomic E-state index is 12.5. The number of amides is 1. The molecule has 0 aliphatic carbocycles. The van der Waals surface area contributed by atoms with Crippen molar-refractivity contribution in [3.8, 4) is 10.8 Å². The largest absolute Gasteiger partial charge is 0.467 e. The molecule has 1 fully saturated rings. The molecule has 1 aliphatic heterocycles. The molecule has 4 rings (SSSR count). The van der Waals surface area contributed by atoms with E-state index in [1.54, 1.807) is 30.7 Å². The van der Waals surface area contributed by atoms with Gasteiger partial charge in [-0.15, -0.1) is 11.3 Å². The highest BCUT2D eigenvalue weighted by molar-refractivity contribution is 7.80. The molecule has 0 saturated carbocycles. The van der Waals surface area contributed by atoms with E-state index < -0.39 is 0 Å². The first-order valence-electron chi connectivity index (χ1n) is 7.07. The van der Waals surface area contributed by atoms with Crippen LogP contribution in [0.1, 0.15) is 11.5 Å². The molecular formula is C16H11N3O3S2. The zero-order valence-electron chi connectivity index (χ0n) is 12.3. The highest BCUT2D eigenvalue weighted by Crippen LogP contribution is 2.25. The van der Waals surface area contributed by atoms with E-state index in [4.69, 9.17) is 21.1 Å². The van der Waals surface area contributed by atoms with Gasteiger partial charge in [-0.2, -0.15) is 0 Å². The number of carbonyl (C=O) groups excluding carboxylic acids is 1. The molecule has 1 amide bonds. The second-order valence-corrected chi connectivity index (χ2v) is 6.26. The second-order valence-electron chi connectivity index (χ2n) is 5.01. The molecule has 0 unspecified atom stereocenters. The molecule has 0 radical (unpaired) electrons. The Bertz CT molecular complexity index is 910. The van der Waals surface area contributed by atoms with Crippen LogP contribution in [0.5, 0.6) is 0 Å². The van der Waals surface area contributed by atoms with Gasteiger partial charge < -0.3 is 14.2 Å². The Morgan fingerprint density at radius 3 is 2.88 bits per heavy atom. The second kappa shape index (κ2) is 6.06. The first-order valence-corrected chi connectivity index (χ1v) is 8.36. The van der Waals surface area contributed by atoms with E-state index in [0.29, 0.717) is 34.6 Å². The van der Waals surface area contributed by atoms with Crippen LogP contribution < -0.4 is 5.32 Å². The lowest BCUT2D eigenvalue weighted by molar-refractivity contribution is -0.122. The number of hydrogen-bond acceptors (Lipinski definition) is 6. The molecule has 1 saturated heterocycles. The SMILES string of the molecule is O=C1/C(=C\c2csc(-c3ccco3)n2)NC(=S)N1Cc1ccco1. The van der Waals surface area contributed by atoms with Gasteiger partial charge in [0.05, 0.1) is 24.8 Å². The van der Waals surface area contributed by atoms with Crippen molar-refractivity contribution in [2.45, 2.75) is 6.54 Å². The normalized spacial score (nSPS) is 16.2. The number of thiazole rings is 1. The van der Waals surface area contributed by atoms with E-state index in [2.05, 4.69) is 10.3 Å². The Kier molecular flexibility index (Phi) is 3.75. The lowest BCUT2D eigenvalue weighted by atomic mass is 10.3. The number of aromatic nitrogens is 1. The summed E-state index contributed by atoms with van der Waals surface area (Å²) >= 11 is 6.68. The van der Waals surface area contributed by atoms with Gasteiger partial charge in [0.1, 0.15) is 11.5 Å². The summed E-state index contributed by atoms with van der Waals surface area (Å²) in [6.07, 6.45) is 4.84. The summed E-state index contributed by atoms with van der Waals surface area (Å²) in [6.45, 7) is 0.295. The lowest BCUT2D eigenvalue weighted by Gasteiger charge is -2.11. The molecule has 0 aromatic carbocycles. The predicted octanol–water partition coefficient (Wildman–Crippen LogP) is 3.25. The third-order valence-corrected chi connectivity index (χ3v) is 4.60. The minimum absolute atomic E-state index is 0.205. The molecule has 120 valence electrons. The molecule has 1 N–H and O–H groups in total. The average Bonchev–Trinajstić information content (AvgIpc) is 3.33. The Morgan fingerprint density at radius 1 is 1.29 bits per heavy atom. The molecule has 0 bridgehead atoms. The van der Waals surface area contributed by atoms with Crippen LogP contribution in [-0.4, -0.2) is 20.9 Å². The maximum atomic E-state index is 12.5. The fraction of sp³-hybridized carbons (Fsp3) is 0.0625. The molecule has 8 heteroatoms. The van der Waals surface area contributed by atoms with Gasteiger partial charge in [-0.05, 0) is 42.6 Å². The molecule has 24 heavy (non-hydrogen) atoms. The van der Waals surface area contributed by atoms with E-state index in [1.807, 2.05) is 17.5 Å². The number of furan rings is 2. The highest BCUT2D eigenvalue weighted by atomic mass is 32.1. The summed E-state index contributed by atoms with van der Waals surface area (Å²) in [5, 5.41) is 5.89. The number of nitrogens with one attached hydrogen (secondary N) is 1. The van der Waals surface area contributed by atoms with Crippen molar-refractivity contribution in [3.63, 3.8) is 0 Å². The smallest absolute Gasteiger partial charge is 0.277 e. The number of carbonyl (C=O) groups is 1.